The molecule has 0 aliphatic carbocycles. The maximum atomic E-state index is 10.6. The molecule has 0 radical (unpaired) electrons. The number of rotatable bonds is 8. The molecule has 0 aliphatic rings. The highest BCUT2D eigenvalue weighted by atomic mass is 32.2. The normalized spacial score (nSPS) is 11.9. The van der Waals surface area contributed by atoms with Crippen molar-refractivity contribution in [1.29, 1.82) is 0 Å². The molecule has 7 nitrogen and oxygen atoms in total. The van der Waals surface area contributed by atoms with Crippen LogP contribution in [0.15, 0.2) is 0 Å². The van der Waals surface area contributed by atoms with Gasteiger partial charge in [-0.05, 0) is 26.1 Å². The van der Waals surface area contributed by atoms with E-state index in [0.29, 0.717) is 17.0 Å². The van der Waals surface area contributed by atoms with E-state index in [2.05, 4.69) is 5.32 Å². The van der Waals surface area contributed by atoms with Crippen molar-refractivity contribution in [3.8, 4) is 0 Å². The van der Waals surface area contributed by atoms with Crippen LogP contribution in [0.1, 0.15) is 34.6 Å². The van der Waals surface area contributed by atoms with Crippen molar-refractivity contribution in [1.82, 2.24) is 10.2 Å². The Balaban J connectivity index is 0. The summed E-state index contributed by atoms with van der Waals surface area (Å²) in [7, 11) is 1.79. The maximum absolute atomic E-state index is 10.6. The Bertz CT molecular complexity index is 361. The van der Waals surface area contributed by atoms with Crippen LogP contribution in [0.25, 0.3) is 0 Å². The molecular weight excluding hydrogens is 308 g/mol. The zero-order valence-corrected chi connectivity index (χ0v) is 14.9. The van der Waals surface area contributed by atoms with Crippen LogP contribution in [-0.4, -0.2) is 69.6 Å². The van der Waals surface area contributed by atoms with E-state index in [1.807, 2.05) is 27.7 Å². The zero-order valence-electron chi connectivity index (χ0n) is 14.1. The van der Waals surface area contributed by atoms with E-state index in [1.165, 1.54) is 18.7 Å². The van der Waals surface area contributed by atoms with E-state index in [1.54, 1.807) is 11.9 Å². The molecule has 0 aromatic rings. The molecule has 1 amide bonds. The third kappa shape index (κ3) is 15.1. The lowest BCUT2D eigenvalue weighted by Gasteiger charge is -2.17. The summed E-state index contributed by atoms with van der Waals surface area (Å²) in [6.07, 6.45) is 0. The van der Waals surface area contributed by atoms with Gasteiger partial charge in [0, 0.05) is 18.7 Å². The molecule has 0 bridgehead atoms. The van der Waals surface area contributed by atoms with E-state index >= 15 is 0 Å². The van der Waals surface area contributed by atoms with Crippen LogP contribution < -0.4 is 5.32 Å². The van der Waals surface area contributed by atoms with Gasteiger partial charge in [-0.2, -0.15) is 11.8 Å². The van der Waals surface area contributed by atoms with Crippen LogP contribution in [0, 0.1) is 0 Å². The highest BCUT2D eigenvalue weighted by Crippen LogP contribution is 2.10. The first kappa shape index (κ1) is 23.0. The molecule has 0 aromatic carbocycles. The Labute approximate surface area is 136 Å². The zero-order chi connectivity index (χ0) is 17.9. The van der Waals surface area contributed by atoms with E-state index in [4.69, 9.17) is 10.2 Å². The largest absolute Gasteiger partial charge is 0.480 e. The van der Waals surface area contributed by atoms with Gasteiger partial charge in [0.25, 0.3) is 0 Å². The Morgan fingerprint density at radius 3 is 1.86 bits per heavy atom. The van der Waals surface area contributed by atoms with Gasteiger partial charge in [0.15, 0.2) is 0 Å². The fourth-order valence-electron chi connectivity index (χ4n) is 1.10. The summed E-state index contributed by atoms with van der Waals surface area (Å²) >= 11 is 1.51. The number of carbonyl (C=O) groups is 3. The van der Waals surface area contributed by atoms with Crippen LogP contribution in [0.2, 0.25) is 0 Å². The lowest BCUT2D eigenvalue weighted by atomic mass is 10.3. The quantitative estimate of drug-likeness (QED) is 0.610. The molecule has 22 heavy (non-hydrogen) atoms. The van der Waals surface area contributed by atoms with Gasteiger partial charge in [-0.1, -0.05) is 13.8 Å². The molecule has 1 atom stereocenters. The maximum Gasteiger partial charge on any atom is 0.327 e. The summed E-state index contributed by atoms with van der Waals surface area (Å²) in [5.74, 6) is -1.65. The van der Waals surface area contributed by atoms with Crippen LogP contribution in [0.5, 0.6) is 0 Å². The minimum absolute atomic E-state index is 0.123. The van der Waals surface area contributed by atoms with Crippen molar-refractivity contribution >= 4 is 29.6 Å². The van der Waals surface area contributed by atoms with Crippen molar-refractivity contribution in [3.05, 3.63) is 0 Å². The summed E-state index contributed by atoms with van der Waals surface area (Å²) in [5, 5.41) is 19.7. The number of nitrogens with one attached hydrogen (secondary N) is 1. The molecule has 130 valence electrons. The Kier molecular flexibility index (Phi) is 12.8. The number of carbonyl (C=O) groups excluding carboxylic acids is 1. The summed E-state index contributed by atoms with van der Waals surface area (Å²) in [6.45, 7) is 9.33. The van der Waals surface area contributed by atoms with Gasteiger partial charge in [-0.25, -0.2) is 4.79 Å². The van der Waals surface area contributed by atoms with Gasteiger partial charge in [0.05, 0.1) is 6.54 Å². The average Bonchev–Trinajstić information content (AvgIpc) is 2.33. The van der Waals surface area contributed by atoms with Crippen molar-refractivity contribution in [2.75, 3.05) is 19.3 Å². The lowest BCUT2D eigenvalue weighted by Crippen LogP contribution is -2.41. The van der Waals surface area contributed by atoms with Gasteiger partial charge in [0.2, 0.25) is 5.91 Å². The molecule has 0 rings (SSSR count). The Hall–Kier alpha value is -1.28. The molecule has 0 spiro atoms. The third-order valence-corrected chi connectivity index (χ3v) is 3.73. The fraction of sp³-hybridized carbons (Fsp3) is 0.786. The second-order valence-electron chi connectivity index (χ2n) is 5.38. The summed E-state index contributed by atoms with van der Waals surface area (Å²) in [4.78, 5) is 33.1. The summed E-state index contributed by atoms with van der Waals surface area (Å²) in [6, 6.07) is -0.467. The number of carboxylic acid groups (broad SMARTS) is 2. The summed E-state index contributed by atoms with van der Waals surface area (Å²) in [5.41, 5.74) is 0. The van der Waals surface area contributed by atoms with Crippen molar-refractivity contribution < 1.29 is 24.6 Å². The molecule has 1 unspecified atom stereocenters. The monoisotopic (exact) mass is 336 g/mol. The van der Waals surface area contributed by atoms with Crippen LogP contribution >= 0.6 is 11.8 Å². The topological polar surface area (TPSA) is 107 Å². The predicted molar refractivity (Wildman–Crippen MR) is 88.2 cm³/mol. The predicted octanol–water partition coefficient (Wildman–Crippen LogP) is 1.13. The number of hydrogen-bond donors (Lipinski definition) is 3. The van der Waals surface area contributed by atoms with Crippen LogP contribution in [-0.2, 0) is 14.4 Å². The third-order valence-electron chi connectivity index (χ3n) is 2.54. The van der Waals surface area contributed by atoms with Gasteiger partial charge in [-0.15, -0.1) is 0 Å². The van der Waals surface area contributed by atoms with Crippen molar-refractivity contribution in [3.63, 3.8) is 0 Å². The first-order valence-corrected chi connectivity index (χ1v) is 8.05. The molecular formula is C14H28N2O5S. The summed E-state index contributed by atoms with van der Waals surface area (Å²) < 4.78 is 0. The second-order valence-corrected chi connectivity index (χ2v) is 6.99. The smallest absolute Gasteiger partial charge is 0.327 e. The van der Waals surface area contributed by atoms with E-state index in [-0.39, 0.29) is 12.5 Å². The minimum Gasteiger partial charge on any atom is -0.480 e. The average molecular weight is 336 g/mol. The molecule has 0 heterocycles. The molecule has 0 fully saturated rings. The van der Waals surface area contributed by atoms with Gasteiger partial charge >= 0.3 is 11.9 Å². The number of aliphatic carboxylic acids is 2. The molecule has 0 aromatic heterocycles. The molecule has 8 heteroatoms. The van der Waals surface area contributed by atoms with Gasteiger partial charge in [0.1, 0.15) is 6.04 Å². The van der Waals surface area contributed by atoms with Crippen molar-refractivity contribution in [2.24, 2.45) is 0 Å². The number of nitrogens with zero attached hydrogens (tertiary/aromatic N) is 1. The number of likely N-dealkylation sites (N-methyl/N-ethyl adjacent to an activating group) is 1. The number of hydrogen-bond acceptors (Lipinski definition) is 5. The van der Waals surface area contributed by atoms with E-state index in [9.17, 15) is 14.4 Å². The molecule has 0 saturated carbocycles. The van der Waals surface area contributed by atoms with E-state index < -0.39 is 18.0 Å². The SMILES string of the molecule is CC(=O)NC(CSC(C)C)C(=O)O.CC(C)N(C)CC(=O)O. The van der Waals surface area contributed by atoms with Crippen LogP contribution in [0.3, 0.4) is 0 Å². The fourth-order valence-corrected chi connectivity index (χ4v) is 1.91. The molecule has 0 aliphatic heterocycles. The van der Waals surface area contributed by atoms with Crippen molar-refractivity contribution in [2.45, 2.75) is 52.0 Å². The lowest BCUT2D eigenvalue weighted by molar-refractivity contribution is -0.140. The van der Waals surface area contributed by atoms with Gasteiger partial charge < -0.3 is 15.5 Å². The highest BCUT2D eigenvalue weighted by Gasteiger charge is 2.18. The standard InChI is InChI=1S/C8H15NO3S.C6H13NO2/c1-5(2)13-4-7(8(11)12)9-6(3)10;1-5(2)7(3)4-6(8)9/h5,7H,4H2,1-3H3,(H,9,10)(H,11,12);5H,4H2,1-3H3,(H,8,9). The first-order chi connectivity index (χ1) is 9.97. The van der Waals surface area contributed by atoms with E-state index in [0.717, 1.165) is 0 Å². The van der Waals surface area contributed by atoms with Gasteiger partial charge in [-0.3, -0.25) is 14.5 Å². The van der Waals surface area contributed by atoms with Crippen LogP contribution in [0.4, 0.5) is 0 Å². The molecule has 0 saturated heterocycles. The molecule has 3 N–H and O–H groups in total. The first-order valence-electron chi connectivity index (χ1n) is 7.00. The highest BCUT2D eigenvalue weighted by molar-refractivity contribution is 7.99. The minimum atomic E-state index is -0.983. The Morgan fingerprint density at radius 2 is 1.64 bits per heavy atom. The number of thioether (sulfide) groups is 1. The number of amides is 1. The Morgan fingerprint density at radius 1 is 1.14 bits per heavy atom. The second kappa shape index (κ2) is 12.3. The number of carboxylic acids is 2.